The topological polar surface area (TPSA) is 49.3 Å². The number of hydrogen-bond acceptors (Lipinski definition) is 4. The van der Waals surface area contributed by atoms with Crippen molar-refractivity contribution in [3.8, 4) is 0 Å². The quantitative estimate of drug-likeness (QED) is 0.512. The molecule has 1 amide bonds. The highest BCUT2D eigenvalue weighted by molar-refractivity contribution is 5.94. The zero-order valence-electron chi connectivity index (χ0n) is 18.9. The smallest absolute Gasteiger partial charge is 0.353 e. The number of piperazine rings is 1. The second-order valence-electron chi connectivity index (χ2n) is 8.28. The number of aromatic nitrogens is 2. The molecule has 1 saturated heterocycles. The van der Waals surface area contributed by atoms with E-state index in [0.29, 0.717) is 44.0 Å². The highest BCUT2D eigenvalue weighted by Gasteiger charge is 2.31. The van der Waals surface area contributed by atoms with E-state index in [0.717, 1.165) is 29.2 Å². The molecule has 1 fully saturated rings. The van der Waals surface area contributed by atoms with Crippen LogP contribution in [0.2, 0.25) is 0 Å². The van der Waals surface area contributed by atoms with Crippen LogP contribution in [-0.2, 0) is 12.6 Å². The number of alkyl halides is 3. The second kappa shape index (κ2) is 9.40. The number of amides is 1. The molecular weight excluding hydrogens is 448 g/mol. The van der Waals surface area contributed by atoms with Gasteiger partial charge in [-0.25, -0.2) is 14.4 Å². The van der Waals surface area contributed by atoms with Gasteiger partial charge in [0, 0.05) is 49.4 Å². The van der Waals surface area contributed by atoms with E-state index >= 15 is 0 Å². The van der Waals surface area contributed by atoms with Gasteiger partial charge >= 0.3 is 6.18 Å². The molecule has 0 bridgehead atoms. The van der Waals surface area contributed by atoms with Crippen LogP contribution in [-0.4, -0.2) is 47.0 Å². The maximum absolute atomic E-state index is 14.3. The minimum Gasteiger partial charge on any atom is -0.353 e. The molecular formula is C25H24F4N4O. The Kier molecular flexibility index (Phi) is 6.54. The Morgan fingerprint density at radius 2 is 1.59 bits per heavy atom. The number of rotatable bonds is 4. The number of anilines is 1. The van der Waals surface area contributed by atoms with Gasteiger partial charge in [-0.05, 0) is 49.7 Å². The van der Waals surface area contributed by atoms with Crippen LogP contribution in [0.1, 0.15) is 38.6 Å². The summed E-state index contributed by atoms with van der Waals surface area (Å²) in [5.74, 6) is 0.721. The molecule has 0 aliphatic carbocycles. The van der Waals surface area contributed by atoms with Crippen LogP contribution >= 0.6 is 0 Å². The summed E-state index contributed by atoms with van der Waals surface area (Å²) >= 11 is 0. The average Bonchev–Trinajstić information content (AvgIpc) is 2.81. The molecule has 4 rings (SSSR count). The number of carbonyl (C=O) groups excluding carboxylic acids is 1. The van der Waals surface area contributed by atoms with E-state index in [1.54, 1.807) is 30.0 Å². The number of benzene rings is 2. The number of carbonyl (C=O) groups is 1. The zero-order valence-corrected chi connectivity index (χ0v) is 18.9. The number of hydrogen-bond donors (Lipinski definition) is 0. The van der Waals surface area contributed by atoms with Gasteiger partial charge < -0.3 is 9.80 Å². The minimum absolute atomic E-state index is 0.218. The van der Waals surface area contributed by atoms with Gasteiger partial charge in [-0.2, -0.15) is 13.2 Å². The third kappa shape index (κ3) is 5.03. The van der Waals surface area contributed by atoms with Gasteiger partial charge in [0.05, 0.1) is 5.56 Å². The van der Waals surface area contributed by atoms with Gasteiger partial charge in [0.15, 0.2) is 0 Å². The molecule has 0 spiro atoms. The predicted molar refractivity (Wildman–Crippen MR) is 120 cm³/mol. The molecule has 0 saturated carbocycles. The Morgan fingerprint density at radius 1 is 0.941 bits per heavy atom. The molecule has 0 unspecified atom stereocenters. The zero-order chi connectivity index (χ0) is 24.5. The predicted octanol–water partition coefficient (Wildman–Crippen LogP) is 4.80. The van der Waals surface area contributed by atoms with Crippen LogP contribution in [0.15, 0.2) is 48.5 Å². The average molecular weight is 472 g/mol. The van der Waals surface area contributed by atoms with Gasteiger partial charge in [-0.3, -0.25) is 4.79 Å². The van der Waals surface area contributed by atoms with E-state index in [2.05, 4.69) is 9.97 Å². The Morgan fingerprint density at radius 3 is 2.21 bits per heavy atom. The van der Waals surface area contributed by atoms with Crippen molar-refractivity contribution in [1.29, 1.82) is 0 Å². The van der Waals surface area contributed by atoms with E-state index in [9.17, 15) is 22.4 Å². The summed E-state index contributed by atoms with van der Waals surface area (Å²) in [5.41, 5.74) is 1.59. The van der Waals surface area contributed by atoms with Gasteiger partial charge in [0.2, 0.25) is 0 Å². The fourth-order valence-corrected chi connectivity index (χ4v) is 4.12. The minimum atomic E-state index is -4.44. The fourth-order valence-electron chi connectivity index (χ4n) is 4.12. The summed E-state index contributed by atoms with van der Waals surface area (Å²) in [4.78, 5) is 25.6. The SMILES string of the molecule is Cc1nc(C)c(Cc2ccccc2F)c(N2CCN(C(=O)c3ccc(C(F)(F)F)cc3)CC2)n1. The van der Waals surface area contributed by atoms with Crippen LogP contribution in [0, 0.1) is 19.7 Å². The normalized spacial score (nSPS) is 14.4. The van der Waals surface area contributed by atoms with E-state index < -0.39 is 11.7 Å². The third-order valence-corrected chi connectivity index (χ3v) is 5.95. The molecule has 3 aromatic rings. The van der Waals surface area contributed by atoms with Crippen molar-refractivity contribution in [1.82, 2.24) is 14.9 Å². The van der Waals surface area contributed by atoms with Crippen LogP contribution in [0.5, 0.6) is 0 Å². The van der Waals surface area contributed by atoms with Gasteiger partial charge in [-0.15, -0.1) is 0 Å². The Balaban J connectivity index is 1.50. The second-order valence-corrected chi connectivity index (χ2v) is 8.28. The fraction of sp³-hybridized carbons (Fsp3) is 0.320. The summed E-state index contributed by atoms with van der Waals surface area (Å²) in [6.45, 7) is 5.44. The number of nitrogens with zero attached hydrogens (tertiary/aromatic N) is 4. The lowest BCUT2D eigenvalue weighted by atomic mass is 10.0. The highest BCUT2D eigenvalue weighted by Crippen LogP contribution is 2.30. The molecule has 1 aromatic heterocycles. The standard InChI is InChI=1S/C25H24F4N4O/c1-16-21(15-19-5-3-4-6-22(19)26)23(31-17(2)30-16)32-11-13-33(14-12-32)24(34)18-7-9-20(10-8-18)25(27,28)29/h3-10H,11-15H2,1-2H3. The van der Waals surface area contributed by atoms with Crippen molar-refractivity contribution in [2.24, 2.45) is 0 Å². The Bertz CT molecular complexity index is 1190. The summed E-state index contributed by atoms with van der Waals surface area (Å²) < 4.78 is 52.7. The number of aryl methyl sites for hydroxylation is 2. The van der Waals surface area contributed by atoms with Crippen molar-refractivity contribution in [3.63, 3.8) is 0 Å². The molecule has 34 heavy (non-hydrogen) atoms. The monoisotopic (exact) mass is 472 g/mol. The molecule has 0 radical (unpaired) electrons. The first-order valence-corrected chi connectivity index (χ1v) is 10.9. The molecule has 9 heteroatoms. The van der Waals surface area contributed by atoms with Gasteiger partial charge in [0.25, 0.3) is 5.91 Å². The lowest BCUT2D eigenvalue weighted by Gasteiger charge is -2.36. The molecule has 0 atom stereocenters. The van der Waals surface area contributed by atoms with Crippen LogP contribution < -0.4 is 4.90 Å². The summed E-state index contributed by atoms with van der Waals surface area (Å²) in [6, 6.07) is 10.8. The molecule has 1 aliphatic rings. The van der Waals surface area contributed by atoms with E-state index in [1.807, 2.05) is 11.8 Å². The molecule has 2 heterocycles. The largest absolute Gasteiger partial charge is 0.416 e. The third-order valence-electron chi connectivity index (χ3n) is 5.95. The highest BCUT2D eigenvalue weighted by atomic mass is 19.4. The van der Waals surface area contributed by atoms with Crippen molar-refractivity contribution in [2.75, 3.05) is 31.1 Å². The molecule has 2 aromatic carbocycles. The lowest BCUT2D eigenvalue weighted by Crippen LogP contribution is -2.49. The maximum Gasteiger partial charge on any atom is 0.416 e. The molecule has 178 valence electrons. The first-order chi connectivity index (χ1) is 16.1. The first-order valence-electron chi connectivity index (χ1n) is 10.9. The van der Waals surface area contributed by atoms with Crippen LogP contribution in [0.25, 0.3) is 0 Å². The maximum atomic E-state index is 14.3. The van der Waals surface area contributed by atoms with Crippen molar-refractivity contribution < 1.29 is 22.4 Å². The summed E-state index contributed by atoms with van der Waals surface area (Å²) in [5, 5.41) is 0. The lowest BCUT2D eigenvalue weighted by molar-refractivity contribution is -0.137. The molecule has 5 nitrogen and oxygen atoms in total. The van der Waals surface area contributed by atoms with Gasteiger partial charge in [-0.1, -0.05) is 18.2 Å². The molecule has 1 aliphatic heterocycles. The first kappa shape index (κ1) is 23.7. The van der Waals surface area contributed by atoms with Crippen LogP contribution in [0.4, 0.5) is 23.4 Å². The van der Waals surface area contributed by atoms with E-state index in [-0.39, 0.29) is 17.3 Å². The van der Waals surface area contributed by atoms with Crippen molar-refractivity contribution in [2.45, 2.75) is 26.4 Å². The Labute approximate surface area is 195 Å². The van der Waals surface area contributed by atoms with Gasteiger partial charge in [0.1, 0.15) is 17.5 Å². The summed E-state index contributed by atoms with van der Waals surface area (Å²) in [7, 11) is 0. The van der Waals surface area contributed by atoms with Crippen molar-refractivity contribution in [3.05, 3.63) is 88.1 Å². The van der Waals surface area contributed by atoms with E-state index in [1.165, 1.54) is 18.2 Å². The summed E-state index contributed by atoms with van der Waals surface area (Å²) in [6.07, 6.45) is -4.10. The Hall–Kier alpha value is -3.49. The molecule has 0 N–H and O–H groups in total. The van der Waals surface area contributed by atoms with E-state index in [4.69, 9.17) is 0 Å². The number of halogens is 4. The van der Waals surface area contributed by atoms with Crippen molar-refractivity contribution >= 4 is 11.7 Å². The van der Waals surface area contributed by atoms with Crippen LogP contribution in [0.3, 0.4) is 0 Å².